The third-order valence-corrected chi connectivity index (χ3v) is 2.90. The zero-order chi connectivity index (χ0) is 13.5. The van der Waals surface area contributed by atoms with Crippen LogP contribution in [-0.2, 0) is 13.1 Å². The van der Waals surface area contributed by atoms with Gasteiger partial charge < -0.3 is 10.6 Å². The lowest BCUT2D eigenvalue weighted by Crippen LogP contribution is -2.26. The maximum Gasteiger partial charge on any atom is 0.225 e. The Morgan fingerprint density at radius 1 is 1.16 bits per heavy atom. The first kappa shape index (κ1) is 13.5. The highest BCUT2D eigenvalue weighted by atomic mass is 15.2. The van der Waals surface area contributed by atoms with Crippen molar-refractivity contribution in [1.82, 2.24) is 9.97 Å². The van der Waals surface area contributed by atoms with Gasteiger partial charge in [0.15, 0.2) is 0 Å². The van der Waals surface area contributed by atoms with Crippen molar-refractivity contribution >= 4 is 5.95 Å². The highest BCUT2D eigenvalue weighted by molar-refractivity contribution is 5.32. The minimum atomic E-state index is 0.445. The van der Waals surface area contributed by atoms with Crippen LogP contribution >= 0.6 is 0 Å². The molecule has 4 heteroatoms. The molecule has 4 nitrogen and oxygen atoms in total. The molecule has 0 aliphatic rings. The van der Waals surface area contributed by atoms with Crippen molar-refractivity contribution in [3.05, 3.63) is 53.9 Å². The smallest absolute Gasteiger partial charge is 0.225 e. The van der Waals surface area contributed by atoms with Crippen LogP contribution in [0.1, 0.15) is 24.6 Å². The maximum absolute atomic E-state index is 5.64. The largest absolute Gasteiger partial charge is 0.337 e. The van der Waals surface area contributed by atoms with Crippen LogP contribution in [0, 0.1) is 0 Å². The highest BCUT2D eigenvalue weighted by Crippen LogP contribution is 2.13. The molecule has 2 aromatic rings. The minimum Gasteiger partial charge on any atom is -0.337 e. The molecule has 0 unspecified atom stereocenters. The van der Waals surface area contributed by atoms with Crippen molar-refractivity contribution in [3.63, 3.8) is 0 Å². The third-order valence-electron chi connectivity index (χ3n) is 2.90. The minimum absolute atomic E-state index is 0.445. The summed E-state index contributed by atoms with van der Waals surface area (Å²) in [4.78, 5) is 11.0. The third kappa shape index (κ3) is 3.76. The Morgan fingerprint density at radius 3 is 2.63 bits per heavy atom. The number of hydrogen-bond donors (Lipinski definition) is 1. The van der Waals surface area contributed by atoms with Gasteiger partial charge in [0.2, 0.25) is 5.95 Å². The van der Waals surface area contributed by atoms with Crippen molar-refractivity contribution in [3.8, 4) is 0 Å². The summed E-state index contributed by atoms with van der Waals surface area (Å²) in [6, 6.07) is 12.2. The van der Waals surface area contributed by atoms with Crippen LogP contribution in [0.15, 0.2) is 42.6 Å². The van der Waals surface area contributed by atoms with E-state index in [4.69, 9.17) is 5.73 Å². The normalized spacial score (nSPS) is 10.4. The topological polar surface area (TPSA) is 55.0 Å². The highest BCUT2D eigenvalue weighted by Gasteiger charge is 2.09. The van der Waals surface area contributed by atoms with Gasteiger partial charge in [-0.1, -0.05) is 37.3 Å². The molecule has 0 aliphatic heterocycles. The number of nitrogens with zero attached hydrogens (tertiary/aromatic N) is 3. The molecule has 0 fully saturated rings. The first-order chi connectivity index (χ1) is 9.33. The number of rotatable bonds is 6. The average Bonchev–Trinajstić information content (AvgIpc) is 2.48. The van der Waals surface area contributed by atoms with E-state index in [9.17, 15) is 0 Å². The maximum atomic E-state index is 5.64. The van der Waals surface area contributed by atoms with Gasteiger partial charge in [-0.3, -0.25) is 0 Å². The van der Waals surface area contributed by atoms with Crippen LogP contribution in [0.3, 0.4) is 0 Å². The number of benzene rings is 1. The summed E-state index contributed by atoms with van der Waals surface area (Å²) < 4.78 is 0. The molecule has 1 aromatic carbocycles. The van der Waals surface area contributed by atoms with E-state index in [0.29, 0.717) is 6.54 Å². The predicted molar refractivity (Wildman–Crippen MR) is 77.7 cm³/mol. The molecule has 0 atom stereocenters. The molecule has 2 N–H and O–H groups in total. The zero-order valence-corrected chi connectivity index (χ0v) is 11.3. The molecule has 0 aliphatic carbocycles. The molecular weight excluding hydrogens is 236 g/mol. The SMILES string of the molecule is CCCN(Cc1ccccc1)c1nccc(CN)n1. The van der Waals surface area contributed by atoms with Crippen LogP contribution in [0.2, 0.25) is 0 Å². The molecule has 0 radical (unpaired) electrons. The molecule has 2 rings (SSSR count). The van der Waals surface area contributed by atoms with Crippen LogP contribution in [0.25, 0.3) is 0 Å². The van der Waals surface area contributed by atoms with Crippen LogP contribution < -0.4 is 10.6 Å². The fourth-order valence-corrected chi connectivity index (χ4v) is 1.97. The van der Waals surface area contributed by atoms with E-state index in [-0.39, 0.29) is 0 Å². The van der Waals surface area contributed by atoms with Gasteiger partial charge >= 0.3 is 0 Å². The van der Waals surface area contributed by atoms with E-state index in [1.807, 2.05) is 12.1 Å². The molecule has 0 saturated heterocycles. The number of nitrogens with two attached hydrogens (primary N) is 1. The second-order valence-corrected chi connectivity index (χ2v) is 4.46. The second kappa shape index (κ2) is 6.85. The van der Waals surface area contributed by atoms with Crippen molar-refractivity contribution in [2.75, 3.05) is 11.4 Å². The number of aromatic nitrogens is 2. The van der Waals surface area contributed by atoms with Gasteiger partial charge in [-0.05, 0) is 18.1 Å². The van der Waals surface area contributed by atoms with E-state index >= 15 is 0 Å². The zero-order valence-electron chi connectivity index (χ0n) is 11.3. The Balaban J connectivity index is 2.19. The summed E-state index contributed by atoms with van der Waals surface area (Å²) in [7, 11) is 0. The van der Waals surface area contributed by atoms with Crippen molar-refractivity contribution in [1.29, 1.82) is 0 Å². The van der Waals surface area contributed by atoms with Gasteiger partial charge in [0.25, 0.3) is 0 Å². The number of anilines is 1. The van der Waals surface area contributed by atoms with Gasteiger partial charge in [0.1, 0.15) is 0 Å². The van der Waals surface area contributed by atoms with Gasteiger partial charge in [-0.2, -0.15) is 0 Å². The molecule has 1 aromatic heterocycles. The van der Waals surface area contributed by atoms with Crippen LogP contribution in [0.5, 0.6) is 0 Å². The molecule has 0 amide bonds. The quantitative estimate of drug-likeness (QED) is 0.862. The predicted octanol–water partition coefficient (Wildman–Crippen LogP) is 2.35. The van der Waals surface area contributed by atoms with E-state index < -0.39 is 0 Å². The molecule has 0 spiro atoms. The van der Waals surface area contributed by atoms with E-state index in [0.717, 1.165) is 31.2 Å². The Morgan fingerprint density at radius 2 is 1.95 bits per heavy atom. The molecule has 0 bridgehead atoms. The Bertz CT molecular complexity index is 499. The van der Waals surface area contributed by atoms with Gasteiger partial charge in [-0.15, -0.1) is 0 Å². The summed E-state index contributed by atoms with van der Waals surface area (Å²) in [6.45, 7) is 4.36. The lowest BCUT2D eigenvalue weighted by atomic mass is 10.2. The molecule has 1 heterocycles. The van der Waals surface area contributed by atoms with Crippen LogP contribution in [-0.4, -0.2) is 16.5 Å². The fourth-order valence-electron chi connectivity index (χ4n) is 1.97. The van der Waals surface area contributed by atoms with Crippen molar-refractivity contribution in [2.45, 2.75) is 26.4 Å². The summed E-state index contributed by atoms with van der Waals surface area (Å²) in [5, 5.41) is 0. The molecule has 0 saturated carbocycles. The summed E-state index contributed by atoms with van der Waals surface area (Å²) in [5.74, 6) is 0.758. The first-order valence-electron chi connectivity index (χ1n) is 6.64. The first-order valence-corrected chi connectivity index (χ1v) is 6.64. The Hall–Kier alpha value is -1.94. The van der Waals surface area contributed by atoms with Gasteiger partial charge in [0, 0.05) is 25.8 Å². The van der Waals surface area contributed by atoms with Crippen molar-refractivity contribution in [2.24, 2.45) is 5.73 Å². The second-order valence-electron chi connectivity index (χ2n) is 4.46. The number of hydrogen-bond acceptors (Lipinski definition) is 4. The molecule has 100 valence electrons. The lowest BCUT2D eigenvalue weighted by molar-refractivity contribution is 0.733. The lowest BCUT2D eigenvalue weighted by Gasteiger charge is -2.22. The van der Waals surface area contributed by atoms with E-state index in [1.165, 1.54) is 5.56 Å². The summed E-state index contributed by atoms with van der Waals surface area (Å²) in [5.41, 5.74) is 7.77. The molecule has 19 heavy (non-hydrogen) atoms. The van der Waals surface area contributed by atoms with Crippen molar-refractivity contribution < 1.29 is 0 Å². The van der Waals surface area contributed by atoms with Gasteiger partial charge in [-0.25, -0.2) is 9.97 Å². The standard InChI is InChI=1S/C15H20N4/c1-2-10-19(12-13-6-4-3-5-7-13)15-17-9-8-14(11-16)18-15/h3-9H,2,10-12,16H2,1H3. The molecular formula is C15H20N4. The Kier molecular flexibility index (Phi) is 4.86. The average molecular weight is 256 g/mol. The van der Waals surface area contributed by atoms with Crippen LogP contribution in [0.4, 0.5) is 5.95 Å². The monoisotopic (exact) mass is 256 g/mol. The summed E-state index contributed by atoms with van der Waals surface area (Å²) in [6.07, 6.45) is 2.83. The van der Waals surface area contributed by atoms with E-state index in [2.05, 4.69) is 46.1 Å². The Labute approximate surface area is 114 Å². The summed E-state index contributed by atoms with van der Waals surface area (Å²) >= 11 is 0. The van der Waals surface area contributed by atoms with Gasteiger partial charge in [0.05, 0.1) is 5.69 Å². The van der Waals surface area contributed by atoms with E-state index in [1.54, 1.807) is 6.20 Å². The fraction of sp³-hybridized carbons (Fsp3) is 0.333.